The van der Waals surface area contributed by atoms with Crippen LogP contribution in [0.1, 0.15) is 0 Å². The molecule has 10 heteroatoms. The van der Waals surface area contributed by atoms with Gasteiger partial charge in [0.15, 0.2) is 5.82 Å². The van der Waals surface area contributed by atoms with E-state index in [1.165, 1.54) is 12.1 Å². The van der Waals surface area contributed by atoms with Crippen LogP contribution in [0.25, 0.3) is 32.8 Å². The summed E-state index contributed by atoms with van der Waals surface area (Å²) in [4.78, 5) is 26.8. The average Bonchev–Trinajstić information content (AvgIpc) is 2.92. The molecule has 0 spiro atoms. The Bertz CT molecular complexity index is 1570. The van der Waals surface area contributed by atoms with E-state index in [-0.39, 0.29) is 33.8 Å². The predicted octanol–water partition coefficient (Wildman–Crippen LogP) is 4.72. The Balaban J connectivity index is 1.65. The quantitative estimate of drug-likeness (QED) is 0.334. The van der Waals surface area contributed by atoms with Crippen molar-refractivity contribution in [3.8, 4) is 22.9 Å². The number of phenolic OH excluding ortho intramolecular Hbond substituents is 1. The van der Waals surface area contributed by atoms with Gasteiger partial charge in [-0.1, -0.05) is 42.4 Å². The van der Waals surface area contributed by atoms with E-state index in [0.717, 1.165) is 10.8 Å². The number of carbonyl (C=O) groups is 1. The molecule has 1 saturated heterocycles. The van der Waals surface area contributed by atoms with Gasteiger partial charge in [0.25, 0.3) is 0 Å². The van der Waals surface area contributed by atoms with Gasteiger partial charge in [-0.15, -0.1) is 0 Å². The molecule has 0 atom stereocenters. The highest BCUT2D eigenvalue weighted by Gasteiger charge is 2.26. The van der Waals surface area contributed by atoms with Gasteiger partial charge in [-0.05, 0) is 54.7 Å². The molecule has 8 nitrogen and oxygen atoms in total. The summed E-state index contributed by atoms with van der Waals surface area (Å²) >= 11 is 6.75. The first-order chi connectivity index (χ1) is 18.8. The van der Waals surface area contributed by atoms with E-state index in [1.54, 1.807) is 17.0 Å². The topological polar surface area (TPSA) is 82.0 Å². The Morgan fingerprint density at radius 2 is 1.90 bits per heavy atom. The number of hydrogen-bond acceptors (Lipinski definition) is 7. The van der Waals surface area contributed by atoms with Gasteiger partial charge in [-0.3, -0.25) is 4.79 Å². The van der Waals surface area contributed by atoms with Crippen LogP contribution >= 0.6 is 11.6 Å². The van der Waals surface area contributed by atoms with Crippen molar-refractivity contribution in [3.63, 3.8) is 0 Å². The number of fused-ring (bicyclic) bond motifs is 2. The van der Waals surface area contributed by atoms with Crippen molar-refractivity contribution in [1.29, 1.82) is 0 Å². The van der Waals surface area contributed by atoms with Crippen molar-refractivity contribution in [2.75, 3.05) is 58.3 Å². The van der Waals surface area contributed by atoms with E-state index in [1.807, 2.05) is 48.2 Å². The number of benzene rings is 3. The normalized spacial score (nSPS) is 13.9. The standard InChI is InChI=1S/C29H29ClFN5O3/c1-4-24(38)35-9-11-36(12-10-35)28-22-17-23(30)25(21-16-19(37)15-18-7-5-6-8-20(18)21)26(31)27(22)32-29(33-28)39-14-13-34(2)3/h4-8,15-17,37H,1,9-14H2,2-3H3. The molecule has 1 aliphatic rings. The van der Waals surface area contributed by atoms with Crippen LogP contribution in [0, 0.1) is 5.82 Å². The fourth-order valence-electron chi connectivity index (χ4n) is 4.80. The zero-order chi connectivity index (χ0) is 27.7. The first kappa shape index (κ1) is 26.6. The summed E-state index contributed by atoms with van der Waals surface area (Å²) in [6, 6.07) is 12.2. The number of ether oxygens (including phenoxy) is 1. The molecule has 1 aromatic heterocycles. The minimum Gasteiger partial charge on any atom is -0.508 e. The van der Waals surface area contributed by atoms with Crippen molar-refractivity contribution in [2.24, 2.45) is 0 Å². The number of aromatic nitrogens is 2. The van der Waals surface area contributed by atoms with E-state index in [2.05, 4.69) is 16.5 Å². The first-order valence-corrected chi connectivity index (χ1v) is 13.0. The number of amides is 1. The fourth-order valence-corrected chi connectivity index (χ4v) is 5.10. The molecule has 0 radical (unpaired) electrons. The van der Waals surface area contributed by atoms with Crippen LogP contribution in [0.5, 0.6) is 11.8 Å². The molecule has 1 N–H and O–H groups in total. The lowest BCUT2D eigenvalue weighted by molar-refractivity contribution is -0.126. The third-order valence-corrected chi connectivity index (χ3v) is 7.09. The Kier molecular flexibility index (Phi) is 7.54. The number of nitrogens with zero attached hydrogens (tertiary/aromatic N) is 5. The number of phenols is 1. The molecule has 2 heterocycles. The van der Waals surface area contributed by atoms with E-state index < -0.39 is 5.82 Å². The highest BCUT2D eigenvalue weighted by Crippen LogP contribution is 2.42. The summed E-state index contributed by atoms with van der Waals surface area (Å²) < 4.78 is 22.3. The zero-order valence-corrected chi connectivity index (χ0v) is 22.6. The second-order valence-corrected chi connectivity index (χ2v) is 10.1. The SMILES string of the molecule is C=CC(=O)N1CCN(c2nc(OCCN(C)C)nc3c(F)c(-c4cc(O)cc5ccccc45)c(Cl)cc23)CC1. The van der Waals surface area contributed by atoms with Crippen LogP contribution in [-0.2, 0) is 4.79 Å². The van der Waals surface area contributed by atoms with Gasteiger partial charge >= 0.3 is 6.01 Å². The molecule has 0 bridgehead atoms. The number of piperazine rings is 1. The summed E-state index contributed by atoms with van der Waals surface area (Å²) in [6.45, 7) is 6.42. The molecule has 1 amide bonds. The molecule has 3 aromatic carbocycles. The molecule has 0 saturated carbocycles. The van der Waals surface area contributed by atoms with Gasteiger partial charge in [0.1, 0.15) is 23.7 Å². The summed E-state index contributed by atoms with van der Waals surface area (Å²) in [5.74, 6) is -0.275. The number of likely N-dealkylation sites (N-methyl/N-ethyl adjacent to an activating group) is 1. The van der Waals surface area contributed by atoms with Crippen LogP contribution in [0.3, 0.4) is 0 Å². The Morgan fingerprint density at radius 1 is 1.15 bits per heavy atom. The third kappa shape index (κ3) is 5.32. The zero-order valence-electron chi connectivity index (χ0n) is 21.8. The van der Waals surface area contributed by atoms with Gasteiger partial charge in [-0.25, -0.2) is 4.39 Å². The van der Waals surface area contributed by atoms with E-state index in [9.17, 15) is 9.90 Å². The fraction of sp³-hybridized carbons (Fsp3) is 0.276. The van der Waals surface area contributed by atoms with Crippen molar-refractivity contribution in [1.82, 2.24) is 19.8 Å². The van der Waals surface area contributed by atoms with Crippen LogP contribution in [-0.4, -0.2) is 84.2 Å². The van der Waals surface area contributed by atoms with Crippen LogP contribution in [0.2, 0.25) is 5.02 Å². The van der Waals surface area contributed by atoms with Crippen molar-refractivity contribution in [3.05, 3.63) is 66.0 Å². The highest BCUT2D eigenvalue weighted by atomic mass is 35.5. The second kappa shape index (κ2) is 11.0. The summed E-state index contributed by atoms with van der Waals surface area (Å²) in [7, 11) is 3.85. The number of rotatable bonds is 7. The largest absolute Gasteiger partial charge is 0.508 e. The summed E-state index contributed by atoms with van der Waals surface area (Å²) in [6.07, 6.45) is 1.30. The van der Waals surface area contributed by atoms with Crippen LogP contribution < -0.4 is 9.64 Å². The smallest absolute Gasteiger partial charge is 0.319 e. The maximum absolute atomic E-state index is 16.5. The third-order valence-electron chi connectivity index (χ3n) is 6.79. The van der Waals surface area contributed by atoms with Gasteiger partial charge in [-0.2, -0.15) is 9.97 Å². The molecule has 0 unspecified atom stereocenters. The second-order valence-electron chi connectivity index (χ2n) is 9.66. The highest BCUT2D eigenvalue weighted by molar-refractivity contribution is 6.35. The van der Waals surface area contributed by atoms with Crippen molar-refractivity contribution in [2.45, 2.75) is 0 Å². The minimum absolute atomic E-state index is 0.00212. The Hall–Kier alpha value is -3.95. The van der Waals surface area contributed by atoms with Crippen molar-refractivity contribution >= 4 is 45.0 Å². The van der Waals surface area contributed by atoms with Gasteiger partial charge < -0.3 is 24.5 Å². The summed E-state index contributed by atoms with van der Waals surface area (Å²) in [5.41, 5.74) is 0.666. The number of carbonyl (C=O) groups excluding carboxylic acids is 1. The predicted molar refractivity (Wildman–Crippen MR) is 152 cm³/mol. The van der Waals surface area contributed by atoms with Crippen LogP contribution in [0.15, 0.2) is 55.1 Å². The van der Waals surface area contributed by atoms with Gasteiger partial charge in [0, 0.05) is 43.7 Å². The first-order valence-electron chi connectivity index (χ1n) is 12.6. The minimum atomic E-state index is -0.630. The Morgan fingerprint density at radius 3 is 2.62 bits per heavy atom. The maximum atomic E-state index is 16.5. The van der Waals surface area contributed by atoms with E-state index >= 15 is 4.39 Å². The van der Waals surface area contributed by atoms with Crippen molar-refractivity contribution < 1.29 is 19.0 Å². The molecule has 1 fully saturated rings. The lowest BCUT2D eigenvalue weighted by Gasteiger charge is -2.35. The number of anilines is 1. The average molecular weight is 550 g/mol. The molecular formula is C29H29ClFN5O3. The number of halogens is 2. The summed E-state index contributed by atoms with van der Waals surface area (Å²) in [5, 5.41) is 12.5. The molecule has 202 valence electrons. The maximum Gasteiger partial charge on any atom is 0.319 e. The molecule has 4 aromatic rings. The van der Waals surface area contributed by atoms with Gasteiger partial charge in [0.2, 0.25) is 5.91 Å². The molecule has 5 rings (SSSR count). The number of hydrogen-bond donors (Lipinski definition) is 1. The monoisotopic (exact) mass is 549 g/mol. The molecule has 39 heavy (non-hydrogen) atoms. The van der Waals surface area contributed by atoms with Gasteiger partial charge in [0.05, 0.1) is 5.02 Å². The number of aromatic hydroxyl groups is 1. The molecular weight excluding hydrogens is 521 g/mol. The van der Waals surface area contributed by atoms with E-state index in [4.69, 9.17) is 16.3 Å². The van der Waals surface area contributed by atoms with Crippen LogP contribution in [0.4, 0.5) is 10.2 Å². The Labute approximate surface area is 230 Å². The molecule has 1 aliphatic heterocycles. The molecule has 0 aliphatic carbocycles. The lowest BCUT2D eigenvalue weighted by Crippen LogP contribution is -2.48. The lowest BCUT2D eigenvalue weighted by atomic mass is 9.96. The van der Waals surface area contributed by atoms with E-state index in [0.29, 0.717) is 56.1 Å².